The van der Waals surface area contributed by atoms with Crippen LogP contribution in [0.5, 0.6) is 0 Å². The molecule has 1 amide bonds. The molecule has 6 heteroatoms. The predicted molar refractivity (Wildman–Crippen MR) is 77.7 cm³/mol. The molecule has 0 saturated carbocycles. The Bertz CT molecular complexity index is 663. The van der Waals surface area contributed by atoms with Gasteiger partial charge in [0.05, 0.1) is 0 Å². The van der Waals surface area contributed by atoms with Crippen molar-refractivity contribution in [3.8, 4) is 11.3 Å². The number of anilines is 1. The van der Waals surface area contributed by atoms with E-state index in [2.05, 4.69) is 21.2 Å². The monoisotopic (exact) mass is 337 g/mol. The highest BCUT2D eigenvalue weighted by Gasteiger charge is 2.13. The summed E-state index contributed by atoms with van der Waals surface area (Å²) in [6, 6.07) is 8.22. The summed E-state index contributed by atoms with van der Waals surface area (Å²) in [6.07, 6.45) is 0.402. The van der Waals surface area contributed by atoms with Crippen LogP contribution < -0.4 is 5.32 Å². The molecule has 0 atom stereocenters. The zero-order valence-electron chi connectivity index (χ0n) is 10.6. The third kappa shape index (κ3) is 3.08. The number of amides is 1. The Kier molecular flexibility index (Phi) is 4.24. The van der Waals surface area contributed by atoms with Crippen molar-refractivity contribution in [3.63, 3.8) is 0 Å². The van der Waals surface area contributed by atoms with Crippen LogP contribution in [0, 0.1) is 0 Å². The molecule has 0 unspecified atom stereocenters. The summed E-state index contributed by atoms with van der Waals surface area (Å²) in [4.78, 5) is 22.1. The molecule has 0 fully saturated rings. The van der Waals surface area contributed by atoms with Crippen LogP contribution in [0.25, 0.3) is 11.3 Å². The van der Waals surface area contributed by atoms with Gasteiger partial charge < -0.3 is 14.8 Å². The van der Waals surface area contributed by atoms with Crippen LogP contribution in [0.2, 0.25) is 0 Å². The van der Waals surface area contributed by atoms with Crippen LogP contribution in [0.15, 0.2) is 39.2 Å². The summed E-state index contributed by atoms with van der Waals surface area (Å²) in [5.41, 5.74) is 1.38. The Labute approximate surface area is 123 Å². The summed E-state index contributed by atoms with van der Waals surface area (Å²) in [5, 5.41) is 11.6. The zero-order chi connectivity index (χ0) is 14.7. The maximum absolute atomic E-state index is 11.3. The van der Waals surface area contributed by atoms with Gasteiger partial charge in [0.25, 0.3) is 0 Å². The molecular formula is C14H12BrNO4. The van der Waals surface area contributed by atoms with E-state index in [1.807, 2.05) is 0 Å². The van der Waals surface area contributed by atoms with Crippen molar-refractivity contribution >= 4 is 33.5 Å². The molecule has 0 radical (unpaired) electrons. The molecule has 0 spiro atoms. The second-order valence-electron chi connectivity index (χ2n) is 4.07. The van der Waals surface area contributed by atoms with E-state index in [0.29, 0.717) is 27.9 Å². The number of carboxylic acids is 1. The second kappa shape index (κ2) is 5.92. The van der Waals surface area contributed by atoms with Gasteiger partial charge in [0, 0.05) is 22.1 Å². The van der Waals surface area contributed by atoms with Crippen LogP contribution in [0.1, 0.15) is 23.9 Å². The molecule has 5 nitrogen and oxygen atoms in total. The van der Waals surface area contributed by atoms with E-state index in [-0.39, 0.29) is 11.7 Å². The van der Waals surface area contributed by atoms with Gasteiger partial charge in [-0.3, -0.25) is 4.79 Å². The van der Waals surface area contributed by atoms with Crippen LogP contribution in [0.3, 0.4) is 0 Å². The van der Waals surface area contributed by atoms with Crippen LogP contribution in [0.4, 0.5) is 5.69 Å². The molecule has 0 aliphatic heterocycles. The van der Waals surface area contributed by atoms with E-state index in [9.17, 15) is 9.59 Å². The first kappa shape index (κ1) is 14.3. The lowest BCUT2D eigenvalue weighted by Gasteiger charge is -2.06. The number of benzene rings is 1. The number of halogens is 1. The number of carbonyl (C=O) groups excluding carboxylic acids is 1. The van der Waals surface area contributed by atoms with Gasteiger partial charge in [-0.05, 0) is 46.3 Å². The molecule has 20 heavy (non-hydrogen) atoms. The van der Waals surface area contributed by atoms with E-state index in [0.717, 1.165) is 0 Å². The second-order valence-corrected chi connectivity index (χ2v) is 4.92. The topological polar surface area (TPSA) is 79.5 Å². The molecular weight excluding hydrogens is 326 g/mol. The molecule has 104 valence electrons. The molecule has 2 aromatic rings. The van der Waals surface area contributed by atoms with Gasteiger partial charge in [-0.2, -0.15) is 0 Å². The van der Waals surface area contributed by atoms with Crippen LogP contribution >= 0.6 is 15.9 Å². The van der Waals surface area contributed by atoms with E-state index >= 15 is 0 Å². The molecule has 1 aromatic heterocycles. The van der Waals surface area contributed by atoms with Gasteiger partial charge >= 0.3 is 5.97 Å². The number of aromatic carboxylic acids is 1. The van der Waals surface area contributed by atoms with Gasteiger partial charge in [-0.25, -0.2) is 4.79 Å². The Balaban J connectivity index is 2.29. The van der Waals surface area contributed by atoms with Crippen molar-refractivity contribution in [2.45, 2.75) is 13.3 Å². The number of furan rings is 1. The molecule has 0 aliphatic carbocycles. The van der Waals surface area contributed by atoms with E-state index in [1.165, 1.54) is 6.07 Å². The first-order valence-corrected chi connectivity index (χ1v) is 6.73. The van der Waals surface area contributed by atoms with Crippen molar-refractivity contribution in [3.05, 3.63) is 40.6 Å². The third-order valence-electron chi connectivity index (χ3n) is 2.66. The highest BCUT2D eigenvalue weighted by Crippen LogP contribution is 2.32. The van der Waals surface area contributed by atoms with Crippen molar-refractivity contribution < 1.29 is 19.1 Å². The quantitative estimate of drug-likeness (QED) is 0.890. The molecule has 0 saturated heterocycles. The number of carboxylic acid groups (broad SMARTS) is 1. The molecule has 1 heterocycles. The summed E-state index contributed by atoms with van der Waals surface area (Å²) < 4.78 is 5.94. The zero-order valence-corrected chi connectivity index (χ0v) is 12.2. The molecule has 0 bridgehead atoms. The standard InChI is InChI=1S/C14H12BrNO4/c1-2-13(17)16-8-3-4-9(10(15)7-8)11-5-6-12(20-11)14(18)19/h3-7H,2H2,1H3,(H,16,17)(H,18,19). The minimum absolute atomic E-state index is 0.0733. The molecule has 2 N–H and O–H groups in total. The first-order valence-electron chi connectivity index (χ1n) is 5.94. The van der Waals surface area contributed by atoms with Gasteiger partial charge in [0.2, 0.25) is 11.7 Å². The molecule has 2 rings (SSSR count). The Morgan fingerprint density at radius 2 is 2.05 bits per heavy atom. The summed E-state index contributed by atoms with van der Waals surface area (Å²) >= 11 is 3.38. The lowest BCUT2D eigenvalue weighted by molar-refractivity contribution is -0.115. The fraction of sp³-hybridized carbons (Fsp3) is 0.143. The maximum Gasteiger partial charge on any atom is 0.371 e. The lowest BCUT2D eigenvalue weighted by atomic mass is 10.1. The van der Waals surface area contributed by atoms with E-state index in [1.54, 1.807) is 31.2 Å². The Hall–Kier alpha value is -2.08. The number of rotatable bonds is 4. The largest absolute Gasteiger partial charge is 0.475 e. The Morgan fingerprint density at radius 3 is 2.60 bits per heavy atom. The first-order chi connectivity index (χ1) is 9.51. The SMILES string of the molecule is CCC(=O)Nc1ccc(-c2ccc(C(=O)O)o2)c(Br)c1. The smallest absolute Gasteiger partial charge is 0.371 e. The Morgan fingerprint density at radius 1 is 1.30 bits per heavy atom. The lowest BCUT2D eigenvalue weighted by Crippen LogP contribution is -2.09. The summed E-state index contributed by atoms with van der Waals surface area (Å²) in [7, 11) is 0. The fourth-order valence-electron chi connectivity index (χ4n) is 1.64. The maximum atomic E-state index is 11.3. The number of carbonyl (C=O) groups is 2. The average Bonchev–Trinajstić information content (AvgIpc) is 2.88. The summed E-state index contributed by atoms with van der Waals surface area (Å²) in [6.45, 7) is 1.77. The predicted octanol–water partition coefficient (Wildman–Crippen LogP) is 3.76. The van der Waals surface area contributed by atoms with Crippen molar-refractivity contribution in [1.82, 2.24) is 0 Å². The van der Waals surface area contributed by atoms with E-state index in [4.69, 9.17) is 9.52 Å². The summed E-state index contributed by atoms with van der Waals surface area (Å²) in [5.74, 6) is -0.854. The number of nitrogens with one attached hydrogen (secondary N) is 1. The normalized spacial score (nSPS) is 10.3. The highest BCUT2D eigenvalue weighted by atomic mass is 79.9. The van der Waals surface area contributed by atoms with Gasteiger partial charge in [0.15, 0.2) is 0 Å². The number of hydrogen-bond acceptors (Lipinski definition) is 3. The van der Waals surface area contributed by atoms with Crippen molar-refractivity contribution in [2.75, 3.05) is 5.32 Å². The van der Waals surface area contributed by atoms with Gasteiger partial charge in [0.1, 0.15) is 5.76 Å². The molecule has 0 aliphatic rings. The van der Waals surface area contributed by atoms with Gasteiger partial charge in [-0.1, -0.05) is 6.92 Å². The van der Waals surface area contributed by atoms with Crippen molar-refractivity contribution in [2.24, 2.45) is 0 Å². The third-order valence-corrected chi connectivity index (χ3v) is 3.31. The van der Waals surface area contributed by atoms with Gasteiger partial charge in [-0.15, -0.1) is 0 Å². The van der Waals surface area contributed by atoms with E-state index < -0.39 is 5.97 Å². The van der Waals surface area contributed by atoms with Crippen LogP contribution in [-0.4, -0.2) is 17.0 Å². The number of hydrogen-bond donors (Lipinski definition) is 2. The van der Waals surface area contributed by atoms with Crippen LogP contribution in [-0.2, 0) is 4.79 Å². The molecule has 1 aromatic carbocycles. The fourth-order valence-corrected chi connectivity index (χ4v) is 2.21. The highest BCUT2D eigenvalue weighted by molar-refractivity contribution is 9.10. The van der Waals surface area contributed by atoms with Crippen molar-refractivity contribution in [1.29, 1.82) is 0 Å². The minimum atomic E-state index is -1.11. The minimum Gasteiger partial charge on any atom is -0.475 e. The average molecular weight is 338 g/mol.